The minimum atomic E-state index is -0.267. The van der Waals surface area contributed by atoms with E-state index in [1.165, 1.54) is 6.20 Å². The van der Waals surface area contributed by atoms with Gasteiger partial charge in [-0.3, -0.25) is 14.7 Å². The topological polar surface area (TPSA) is 67.3 Å². The molecule has 28 heavy (non-hydrogen) atoms. The zero-order valence-electron chi connectivity index (χ0n) is 17.4. The van der Waals surface area contributed by atoms with E-state index in [2.05, 4.69) is 41.0 Å². The van der Waals surface area contributed by atoms with Gasteiger partial charge < -0.3 is 10.1 Å². The molecule has 1 fully saturated rings. The smallest absolute Gasteiger partial charge is 0.275 e. The summed E-state index contributed by atoms with van der Waals surface area (Å²) in [7, 11) is 0. The number of aromatic nitrogens is 2. The van der Waals surface area contributed by atoms with Crippen LogP contribution in [0.5, 0.6) is 5.75 Å². The first-order valence-electron chi connectivity index (χ1n) is 9.91. The summed E-state index contributed by atoms with van der Waals surface area (Å²) in [6, 6.07) is 7.57. The molecule has 1 saturated heterocycles. The predicted molar refractivity (Wildman–Crippen MR) is 111 cm³/mol. The van der Waals surface area contributed by atoms with Crippen molar-refractivity contribution in [3.8, 4) is 5.75 Å². The van der Waals surface area contributed by atoms with Gasteiger partial charge in [-0.1, -0.05) is 6.07 Å². The first-order chi connectivity index (χ1) is 13.2. The SMILES string of the molecule is CC(C)Oc1cccc(NC(=O)c2cncc(C3CCCN3C(C)(C)C)n2)c1. The summed E-state index contributed by atoms with van der Waals surface area (Å²) >= 11 is 0. The number of hydrogen-bond acceptors (Lipinski definition) is 5. The highest BCUT2D eigenvalue weighted by Gasteiger charge is 2.35. The third kappa shape index (κ3) is 4.87. The Morgan fingerprint density at radius 1 is 1.29 bits per heavy atom. The summed E-state index contributed by atoms with van der Waals surface area (Å²) in [5.41, 5.74) is 1.91. The summed E-state index contributed by atoms with van der Waals surface area (Å²) in [5, 5.41) is 2.90. The van der Waals surface area contributed by atoms with E-state index in [0.717, 1.165) is 30.8 Å². The molecule has 0 radical (unpaired) electrons. The van der Waals surface area contributed by atoms with Crippen LogP contribution < -0.4 is 10.1 Å². The number of benzene rings is 1. The molecular weight excluding hydrogens is 352 g/mol. The Morgan fingerprint density at radius 2 is 2.07 bits per heavy atom. The molecule has 3 rings (SSSR count). The first kappa shape index (κ1) is 20.3. The number of amides is 1. The van der Waals surface area contributed by atoms with Gasteiger partial charge >= 0.3 is 0 Å². The molecule has 1 aromatic heterocycles. The second-order valence-electron chi connectivity index (χ2n) is 8.50. The number of ether oxygens (including phenoxy) is 1. The van der Waals surface area contributed by atoms with Crippen LogP contribution in [0.25, 0.3) is 0 Å². The Morgan fingerprint density at radius 3 is 2.79 bits per heavy atom. The van der Waals surface area contributed by atoms with Crippen LogP contribution >= 0.6 is 0 Å². The molecule has 1 amide bonds. The van der Waals surface area contributed by atoms with Crippen LogP contribution in [-0.2, 0) is 0 Å². The van der Waals surface area contributed by atoms with E-state index in [-0.39, 0.29) is 23.6 Å². The Balaban J connectivity index is 1.76. The maximum atomic E-state index is 12.7. The van der Waals surface area contributed by atoms with Crippen molar-refractivity contribution in [3.05, 3.63) is 48.0 Å². The van der Waals surface area contributed by atoms with Gasteiger partial charge in [-0.25, -0.2) is 4.98 Å². The number of nitrogens with one attached hydrogen (secondary N) is 1. The van der Waals surface area contributed by atoms with Crippen LogP contribution in [0.15, 0.2) is 36.7 Å². The summed E-state index contributed by atoms with van der Waals surface area (Å²) < 4.78 is 5.69. The molecule has 0 saturated carbocycles. The average molecular weight is 383 g/mol. The van der Waals surface area contributed by atoms with Gasteiger partial charge in [-0.15, -0.1) is 0 Å². The lowest BCUT2D eigenvalue weighted by atomic mass is 10.0. The summed E-state index contributed by atoms with van der Waals surface area (Å²) in [5.74, 6) is 0.454. The van der Waals surface area contributed by atoms with E-state index < -0.39 is 0 Å². The Bertz CT molecular complexity index is 829. The number of likely N-dealkylation sites (tertiary alicyclic amines) is 1. The molecule has 6 nitrogen and oxygen atoms in total. The molecule has 1 unspecified atom stereocenters. The van der Waals surface area contributed by atoms with Gasteiger partial charge in [0.15, 0.2) is 0 Å². The summed E-state index contributed by atoms with van der Waals surface area (Å²) in [6.45, 7) is 11.6. The minimum Gasteiger partial charge on any atom is -0.491 e. The van der Waals surface area contributed by atoms with Crippen molar-refractivity contribution in [1.29, 1.82) is 0 Å². The number of hydrogen-bond donors (Lipinski definition) is 1. The highest BCUT2D eigenvalue weighted by molar-refractivity contribution is 6.02. The van der Waals surface area contributed by atoms with Crippen molar-refractivity contribution in [1.82, 2.24) is 14.9 Å². The molecule has 0 bridgehead atoms. The molecule has 6 heteroatoms. The van der Waals surface area contributed by atoms with Crippen LogP contribution in [0.4, 0.5) is 5.69 Å². The molecule has 1 atom stereocenters. The molecule has 2 heterocycles. The lowest BCUT2D eigenvalue weighted by Crippen LogP contribution is -2.41. The van der Waals surface area contributed by atoms with Crippen LogP contribution in [-0.4, -0.2) is 39.0 Å². The summed E-state index contributed by atoms with van der Waals surface area (Å²) in [4.78, 5) is 24.1. The van der Waals surface area contributed by atoms with Crippen LogP contribution in [0.1, 0.15) is 69.7 Å². The van der Waals surface area contributed by atoms with E-state index in [1.807, 2.05) is 38.1 Å². The van der Waals surface area contributed by atoms with Gasteiger partial charge in [0.2, 0.25) is 0 Å². The van der Waals surface area contributed by atoms with Crippen molar-refractivity contribution in [2.75, 3.05) is 11.9 Å². The number of anilines is 1. The Hall–Kier alpha value is -2.47. The molecule has 2 aromatic rings. The van der Waals surface area contributed by atoms with Gasteiger partial charge in [0.25, 0.3) is 5.91 Å². The highest BCUT2D eigenvalue weighted by atomic mass is 16.5. The molecule has 1 aromatic carbocycles. The molecule has 1 aliphatic rings. The zero-order chi connectivity index (χ0) is 20.3. The Labute approximate surface area is 167 Å². The van der Waals surface area contributed by atoms with Gasteiger partial charge in [-0.05, 0) is 66.1 Å². The van der Waals surface area contributed by atoms with E-state index in [4.69, 9.17) is 4.74 Å². The van der Waals surface area contributed by atoms with E-state index in [1.54, 1.807) is 6.20 Å². The van der Waals surface area contributed by atoms with Crippen molar-refractivity contribution in [2.24, 2.45) is 0 Å². The molecule has 1 aliphatic heterocycles. The van der Waals surface area contributed by atoms with Crippen molar-refractivity contribution in [3.63, 3.8) is 0 Å². The standard InChI is InChI=1S/C22H30N4O2/c1-15(2)28-17-9-6-8-16(12-17)24-21(27)19-14-23-13-18(25-19)20-10-7-11-26(20)22(3,4)5/h6,8-9,12-15,20H,7,10-11H2,1-5H3,(H,24,27). The third-order valence-corrected chi connectivity index (χ3v) is 4.81. The monoisotopic (exact) mass is 382 g/mol. The van der Waals surface area contributed by atoms with E-state index >= 15 is 0 Å². The number of carbonyl (C=O) groups excluding carboxylic acids is 1. The zero-order valence-corrected chi connectivity index (χ0v) is 17.4. The van der Waals surface area contributed by atoms with Gasteiger partial charge in [0.05, 0.1) is 30.2 Å². The molecule has 0 aliphatic carbocycles. The van der Waals surface area contributed by atoms with Gasteiger partial charge in [0.1, 0.15) is 11.4 Å². The third-order valence-electron chi connectivity index (χ3n) is 4.81. The largest absolute Gasteiger partial charge is 0.491 e. The average Bonchev–Trinajstić information content (AvgIpc) is 3.12. The second kappa shape index (κ2) is 8.27. The first-order valence-corrected chi connectivity index (χ1v) is 9.91. The number of carbonyl (C=O) groups is 1. The quantitative estimate of drug-likeness (QED) is 0.827. The van der Waals surface area contributed by atoms with Crippen molar-refractivity contribution in [2.45, 2.75) is 65.1 Å². The van der Waals surface area contributed by atoms with Gasteiger partial charge in [-0.2, -0.15) is 0 Å². The second-order valence-corrected chi connectivity index (χ2v) is 8.50. The number of rotatable bonds is 5. The van der Waals surface area contributed by atoms with Gasteiger partial charge in [0, 0.05) is 17.3 Å². The van der Waals surface area contributed by atoms with E-state index in [9.17, 15) is 4.79 Å². The minimum absolute atomic E-state index is 0.0535. The normalized spacial score (nSPS) is 17.7. The molecule has 150 valence electrons. The summed E-state index contributed by atoms with van der Waals surface area (Å²) in [6.07, 6.45) is 5.53. The lowest BCUT2D eigenvalue weighted by Gasteiger charge is -2.36. The highest BCUT2D eigenvalue weighted by Crippen LogP contribution is 2.36. The molecule has 0 spiro atoms. The van der Waals surface area contributed by atoms with Crippen molar-refractivity contribution >= 4 is 11.6 Å². The fourth-order valence-corrected chi connectivity index (χ4v) is 3.64. The molecular formula is C22H30N4O2. The lowest BCUT2D eigenvalue weighted by molar-refractivity contribution is 0.101. The van der Waals surface area contributed by atoms with Crippen molar-refractivity contribution < 1.29 is 9.53 Å². The Kier molecular flexibility index (Phi) is 5.98. The maximum Gasteiger partial charge on any atom is 0.275 e. The fraction of sp³-hybridized carbons (Fsp3) is 0.500. The fourth-order valence-electron chi connectivity index (χ4n) is 3.64. The number of nitrogens with zero attached hydrogens (tertiary/aromatic N) is 3. The van der Waals surface area contributed by atoms with Crippen LogP contribution in [0.3, 0.4) is 0 Å². The van der Waals surface area contributed by atoms with E-state index in [0.29, 0.717) is 11.4 Å². The predicted octanol–water partition coefficient (Wildman–Crippen LogP) is 4.45. The maximum absolute atomic E-state index is 12.7. The molecule has 1 N–H and O–H groups in total. The van der Waals surface area contributed by atoms with Crippen LogP contribution in [0, 0.1) is 0 Å². The van der Waals surface area contributed by atoms with Crippen LogP contribution in [0.2, 0.25) is 0 Å².